The fraction of sp³-hybridized carbons (Fsp3) is 0.588. The fourth-order valence-corrected chi connectivity index (χ4v) is 3.09. The third-order valence-electron chi connectivity index (χ3n) is 4.64. The highest BCUT2D eigenvalue weighted by atomic mass is 35.5. The van der Waals surface area contributed by atoms with E-state index in [-0.39, 0.29) is 18.1 Å². The Morgan fingerprint density at radius 3 is 2.59 bits per heavy atom. The smallest absolute Gasteiger partial charge is 0.241 e. The number of hydrogen-bond acceptors (Lipinski definition) is 3. The molecule has 2 rings (SSSR count). The molecule has 2 unspecified atom stereocenters. The minimum Gasteiger partial charge on any atom is -0.393 e. The average Bonchev–Trinajstić information content (AvgIpc) is 2.50. The summed E-state index contributed by atoms with van der Waals surface area (Å²) < 4.78 is 0. The number of halogens is 1. The van der Waals surface area contributed by atoms with Gasteiger partial charge in [-0.3, -0.25) is 9.69 Å². The van der Waals surface area contributed by atoms with Crippen molar-refractivity contribution in [2.45, 2.75) is 45.8 Å². The normalized spacial score (nSPS) is 19.7. The van der Waals surface area contributed by atoms with Crippen LogP contribution in [0.1, 0.15) is 32.3 Å². The van der Waals surface area contributed by atoms with E-state index in [0.29, 0.717) is 10.9 Å². The van der Waals surface area contributed by atoms with Crippen LogP contribution in [0, 0.1) is 12.8 Å². The molecule has 1 aliphatic heterocycles. The third kappa shape index (κ3) is 4.22. The number of aryl methyl sites for hydroxylation is 1. The molecule has 2 N–H and O–H groups in total. The molecule has 0 aliphatic carbocycles. The zero-order valence-electron chi connectivity index (χ0n) is 13.5. The molecule has 1 aromatic rings. The molecule has 0 spiro atoms. The van der Waals surface area contributed by atoms with Crippen LogP contribution in [0.3, 0.4) is 0 Å². The third-order valence-corrected chi connectivity index (χ3v) is 4.88. The van der Waals surface area contributed by atoms with Gasteiger partial charge in [0.15, 0.2) is 0 Å². The Balaban J connectivity index is 1.94. The van der Waals surface area contributed by atoms with E-state index in [2.05, 4.69) is 10.2 Å². The summed E-state index contributed by atoms with van der Waals surface area (Å²) in [5, 5.41) is 13.2. The Labute approximate surface area is 137 Å². The number of piperidine rings is 1. The van der Waals surface area contributed by atoms with Crippen LogP contribution in [0.25, 0.3) is 0 Å². The number of rotatable bonds is 4. The van der Waals surface area contributed by atoms with Crippen LogP contribution in [0.4, 0.5) is 5.69 Å². The van der Waals surface area contributed by atoms with E-state index in [9.17, 15) is 9.90 Å². The van der Waals surface area contributed by atoms with Crippen molar-refractivity contribution in [3.8, 4) is 0 Å². The van der Waals surface area contributed by atoms with Gasteiger partial charge in [-0.1, -0.05) is 17.7 Å². The first kappa shape index (κ1) is 17.3. The summed E-state index contributed by atoms with van der Waals surface area (Å²) in [4.78, 5) is 14.6. The molecule has 2 atom stereocenters. The second kappa shape index (κ2) is 7.44. The summed E-state index contributed by atoms with van der Waals surface area (Å²) in [6.45, 7) is 7.42. The molecule has 0 aromatic heterocycles. The monoisotopic (exact) mass is 324 g/mol. The largest absolute Gasteiger partial charge is 0.393 e. The molecule has 0 radical (unpaired) electrons. The van der Waals surface area contributed by atoms with Crippen LogP contribution >= 0.6 is 11.6 Å². The maximum absolute atomic E-state index is 12.4. The van der Waals surface area contributed by atoms with Gasteiger partial charge in [0, 0.05) is 10.7 Å². The lowest BCUT2D eigenvalue weighted by molar-refractivity contribution is -0.121. The highest BCUT2D eigenvalue weighted by Crippen LogP contribution is 2.24. The molecule has 1 fully saturated rings. The van der Waals surface area contributed by atoms with Gasteiger partial charge in [-0.2, -0.15) is 0 Å². The van der Waals surface area contributed by atoms with E-state index in [1.165, 1.54) is 0 Å². The number of amides is 1. The molecule has 22 heavy (non-hydrogen) atoms. The number of aliphatic hydroxyl groups excluding tert-OH is 1. The molecule has 4 nitrogen and oxygen atoms in total. The number of carbonyl (C=O) groups excluding carboxylic acids is 1. The highest BCUT2D eigenvalue weighted by Gasteiger charge is 2.28. The van der Waals surface area contributed by atoms with E-state index >= 15 is 0 Å². The summed E-state index contributed by atoms with van der Waals surface area (Å²) in [6, 6.07) is 5.31. The Morgan fingerprint density at radius 2 is 2.00 bits per heavy atom. The van der Waals surface area contributed by atoms with Gasteiger partial charge in [0.05, 0.1) is 12.1 Å². The van der Waals surface area contributed by atoms with Gasteiger partial charge >= 0.3 is 0 Å². The van der Waals surface area contributed by atoms with Gasteiger partial charge in [0.1, 0.15) is 0 Å². The zero-order chi connectivity index (χ0) is 16.3. The molecule has 1 heterocycles. The summed E-state index contributed by atoms with van der Waals surface area (Å²) in [5.74, 6) is 0.336. The van der Waals surface area contributed by atoms with Gasteiger partial charge in [0.25, 0.3) is 0 Å². The van der Waals surface area contributed by atoms with Crippen molar-refractivity contribution in [3.63, 3.8) is 0 Å². The second-order valence-corrected chi connectivity index (χ2v) is 6.67. The SMILES string of the molecule is Cc1ccc(Cl)cc1NC(=O)C(C)N1CCC(C(C)O)CC1. The number of anilines is 1. The van der Waals surface area contributed by atoms with Gasteiger partial charge in [-0.05, 0) is 70.3 Å². The summed E-state index contributed by atoms with van der Waals surface area (Å²) in [5.41, 5.74) is 1.76. The lowest BCUT2D eigenvalue weighted by atomic mass is 9.91. The highest BCUT2D eigenvalue weighted by molar-refractivity contribution is 6.31. The first-order valence-electron chi connectivity index (χ1n) is 7.87. The molecular formula is C17H25ClN2O2. The molecule has 0 saturated carbocycles. The van der Waals surface area contributed by atoms with Crippen molar-refractivity contribution in [2.75, 3.05) is 18.4 Å². The number of carbonyl (C=O) groups is 1. The minimum absolute atomic E-state index is 0.0131. The van der Waals surface area contributed by atoms with Crippen molar-refractivity contribution >= 4 is 23.2 Å². The lowest BCUT2D eigenvalue weighted by Crippen LogP contribution is -2.47. The van der Waals surface area contributed by atoms with Crippen molar-refractivity contribution in [3.05, 3.63) is 28.8 Å². The molecule has 1 saturated heterocycles. The molecule has 0 bridgehead atoms. The number of nitrogens with one attached hydrogen (secondary N) is 1. The Hall–Kier alpha value is -1.10. The summed E-state index contributed by atoms with van der Waals surface area (Å²) in [7, 11) is 0. The lowest BCUT2D eigenvalue weighted by Gasteiger charge is -2.36. The Morgan fingerprint density at radius 1 is 1.36 bits per heavy atom. The topological polar surface area (TPSA) is 52.6 Å². The first-order chi connectivity index (χ1) is 10.4. The van der Waals surface area contributed by atoms with Crippen LogP contribution in [-0.4, -0.2) is 41.1 Å². The zero-order valence-corrected chi connectivity index (χ0v) is 14.2. The number of likely N-dealkylation sites (tertiary alicyclic amines) is 1. The molecule has 1 aliphatic rings. The second-order valence-electron chi connectivity index (χ2n) is 6.24. The van der Waals surface area contributed by atoms with Crippen molar-refractivity contribution < 1.29 is 9.90 Å². The van der Waals surface area contributed by atoms with Crippen molar-refractivity contribution in [1.29, 1.82) is 0 Å². The average molecular weight is 325 g/mol. The number of aliphatic hydroxyl groups is 1. The van der Waals surface area contributed by atoms with Crippen molar-refractivity contribution in [2.24, 2.45) is 5.92 Å². The van der Waals surface area contributed by atoms with E-state index in [1.54, 1.807) is 6.07 Å². The van der Waals surface area contributed by atoms with E-state index in [1.807, 2.05) is 32.9 Å². The minimum atomic E-state index is -0.264. The van der Waals surface area contributed by atoms with Gasteiger partial charge in [-0.25, -0.2) is 0 Å². The van der Waals surface area contributed by atoms with E-state index in [0.717, 1.165) is 37.2 Å². The quantitative estimate of drug-likeness (QED) is 0.895. The molecule has 1 aromatic carbocycles. The molecule has 5 heteroatoms. The number of benzene rings is 1. The summed E-state index contributed by atoms with van der Waals surface area (Å²) in [6.07, 6.45) is 1.61. The maximum atomic E-state index is 12.4. The van der Waals surface area contributed by atoms with Crippen LogP contribution in [0.2, 0.25) is 5.02 Å². The van der Waals surface area contributed by atoms with Crippen molar-refractivity contribution in [1.82, 2.24) is 4.90 Å². The van der Waals surface area contributed by atoms with Crippen LogP contribution in [-0.2, 0) is 4.79 Å². The molecule has 122 valence electrons. The summed E-state index contributed by atoms with van der Waals surface area (Å²) >= 11 is 5.99. The van der Waals surface area contributed by atoms with E-state index in [4.69, 9.17) is 11.6 Å². The molecule has 1 amide bonds. The van der Waals surface area contributed by atoms with Gasteiger partial charge in [-0.15, -0.1) is 0 Å². The Bertz CT molecular complexity index is 525. The standard InChI is InChI=1S/C17H25ClN2O2/c1-11-4-5-15(18)10-16(11)19-17(22)12(2)20-8-6-14(7-9-20)13(3)21/h4-5,10,12-14,21H,6-9H2,1-3H3,(H,19,22). The first-order valence-corrected chi connectivity index (χ1v) is 8.25. The Kier molecular flexibility index (Phi) is 5.84. The van der Waals surface area contributed by atoms with Gasteiger partial charge in [0.2, 0.25) is 5.91 Å². The van der Waals surface area contributed by atoms with Crippen LogP contribution in [0.5, 0.6) is 0 Å². The van der Waals surface area contributed by atoms with Crippen LogP contribution in [0.15, 0.2) is 18.2 Å². The number of hydrogen-bond donors (Lipinski definition) is 2. The van der Waals surface area contributed by atoms with Gasteiger partial charge < -0.3 is 10.4 Å². The van der Waals surface area contributed by atoms with E-state index < -0.39 is 0 Å². The maximum Gasteiger partial charge on any atom is 0.241 e. The van der Waals surface area contributed by atoms with Crippen LogP contribution < -0.4 is 5.32 Å². The fourth-order valence-electron chi connectivity index (χ4n) is 2.92. The molecular weight excluding hydrogens is 300 g/mol. The predicted octanol–water partition coefficient (Wildman–Crippen LogP) is 3.07. The number of nitrogens with zero attached hydrogens (tertiary/aromatic N) is 1. The predicted molar refractivity (Wildman–Crippen MR) is 90.3 cm³/mol.